The van der Waals surface area contributed by atoms with E-state index in [1.165, 1.54) is 85.2 Å². The monoisotopic (exact) mass is 654 g/mol. The van der Waals surface area contributed by atoms with Crippen molar-refractivity contribution in [2.24, 2.45) is 0 Å². The van der Waals surface area contributed by atoms with Gasteiger partial charge >= 0.3 is 261 Å². The molecule has 226 valence electrons. The first-order chi connectivity index (χ1) is 20.2. The van der Waals surface area contributed by atoms with Crippen molar-refractivity contribution in [1.29, 1.82) is 0 Å². The minimum atomic E-state index is -1.96. The standard InChI is InChI=1S/C31H29.C5H5.C5H10.2ClH.Ti/c1-18-11-20(3)30(21(4)12-18)24-7-9-28-26(15-24)17-27-16-25(8-10-29(27)28)31-22(5)13-19(2)14-23(31)6;1-2-4-5-3-1;1-3-5-4-2;;;/h7-15H,17H2,1-6H3;1-3H,4H2;3-4H2,1-2H3;2*1H;/q;;;;;+2/p-2. The fraction of sp³-hybridized carbons (Fsp3) is 0.293. The molecule has 0 unspecified atom stereocenters. The molecule has 0 atom stereocenters. The molecule has 0 bridgehead atoms. The zero-order chi connectivity index (χ0) is 29.7. The summed E-state index contributed by atoms with van der Waals surface area (Å²) in [6.45, 7) is 18.4. The Bertz CT molecular complexity index is 1800. The molecule has 4 aromatic carbocycles. The SMILES string of the molecule is CC[C](CC)=[Ti+2]([C]1=CC=CC1)[c]1c(-c2c(C)cc(C)cc2C)ccc2c1Cc1cc(-c3c(C)cc(C)cc3C)ccc1-2.[Cl-].[Cl-]. The van der Waals surface area contributed by atoms with Crippen LogP contribution in [0.5, 0.6) is 0 Å². The van der Waals surface area contributed by atoms with E-state index < -0.39 is 17.4 Å². The Morgan fingerprint density at radius 3 is 1.75 bits per heavy atom. The van der Waals surface area contributed by atoms with Crippen LogP contribution in [0.4, 0.5) is 0 Å². The van der Waals surface area contributed by atoms with Gasteiger partial charge in [-0.25, -0.2) is 0 Å². The maximum absolute atomic E-state index is 2.51. The van der Waals surface area contributed by atoms with E-state index in [9.17, 15) is 0 Å². The van der Waals surface area contributed by atoms with Crippen molar-refractivity contribution in [2.75, 3.05) is 0 Å². The van der Waals surface area contributed by atoms with Crippen LogP contribution in [-0.4, -0.2) is 3.81 Å². The Kier molecular flexibility index (Phi) is 10.9. The van der Waals surface area contributed by atoms with Gasteiger partial charge in [-0.3, -0.25) is 0 Å². The second-order valence-corrected chi connectivity index (χ2v) is 16.7. The van der Waals surface area contributed by atoms with Crippen molar-refractivity contribution in [3.8, 4) is 33.4 Å². The third kappa shape index (κ3) is 6.04. The van der Waals surface area contributed by atoms with Crippen LogP contribution in [0.1, 0.15) is 77.6 Å². The maximum Gasteiger partial charge on any atom is -1.00 e. The van der Waals surface area contributed by atoms with Gasteiger partial charge < -0.3 is 24.8 Å². The van der Waals surface area contributed by atoms with Crippen molar-refractivity contribution in [2.45, 2.75) is 81.1 Å². The molecule has 3 heteroatoms. The quantitative estimate of drug-likeness (QED) is 0.236. The predicted octanol–water partition coefficient (Wildman–Crippen LogP) is 4.53. The molecule has 0 radical (unpaired) electrons. The van der Waals surface area contributed by atoms with Gasteiger partial charge in [0.05, 0.1) is 0 Å². The number of benzene rings is 4. The summed E-state index contributed by atoms with van der Waals surface area (Å²) in [6, 6.07) is 21.7. The van der Waals surface area contributed by atoms with Gasteiger partial charge in [-0.15, -0.1) is 0 Å². The summed E-state index contributed by atoms with van der Waals surface area (Å²) in [5, 5.41) is 0. The topological polar surface area (TPSA) is 0 Å². The first kappa shape index (κ1) is 34.4. The summed E-state index contributed by atoms with van der Waals surface area (Å²) in [4.78, 5) is 0. The zero-order valence-corrected chi connectivity index (χ0v) is 30.6. The van der Waals surface area contributed by atoms with Gasteiger partial charge in [0.2, 0.25) is 0 Å². The number of aryl methyl sites for hydroxylation is 6. The summed E-state index contributed by atoms with van der Waals surface area (Å²) in [6.07, 6.45) is 11.7. The molecule has 0 nitrogen and oxygen atoms in total. The molecular weight excluding hydrogens is 611 g/mol. The third-order valence-electron chi connectivity index (χ3n) is 9.54. The molecule has 0 aliphatic heterocycles. The number of halogens is 2. The van der Waals surface area contributed by atoms with E-state index >= 15 is 0 Å². The van der Waals surface area contributed by atoms with Crippen LogP contribution in [0, 0.1) is 41.5 Å². The van der Waals surface area contributed by atoms with Crippen LogP contribution < -0.4 is 28.7 Å². The first-order valence-corrected chi connectivity index (χ1v) is 18.1. The first-order valence-electron chi connectivity index (χ1n) is 15.8. The Balaban J connectivity index is 0.00000221. The molecule has 0 aromatic heterocycles. The smallest absolute Gasteiger partial charge is 1.00 e. The number of allylic oxidation sites excluding steroid dienone is 4. The van der Waals surface area contributed by atoms with Crippen molar-refractivity contribution in [3.05, 3.63) is 121 Å². The van der Waals surface area contributed by atoms with E-state index in [4.69, 9.17) is 0 Å². The molecule has 2 aliphatic rings. The minimum Gasteiger partial charge on any atom is -1.00 e. The molecule has 0 N–H and O–H groups in total. The maximum atomic E-state index is 2.51. The molecule has 0 saturated carbocycles. The van der Waals surface area contributed by atoms with E-state index in [0.717, 1.165) is 12.8 Å². The molecule has 0 saturated heterocycles. The number of hydrogen-bond donors (Lipinski definition) is 0. The predicted molar refractivity (Wildman–Crippen MR) is 181 cm³/mol. The van der Waals surface area contributed by atoms with Crippen molar-refractivity contribution in [1.82, 2.24) is 0 Å². The van der Waals surface area contributed by atoms with Gasteiger partial charge in [-0.2, -0.15) is 0 Å². The summed E-state index contributed by atoms with van der Waals surface area (Å²) in [5.41, 5.74) is 20.0. The second-order valence-electron chi connectivity index (χ2n) is 12.6. The van der Waals surface area contributed by atoms with E-state index in [1.807, 2.05) is 3.81 Å². The van der Waals surface area contributed by atoms with Crippen LogP contribution in [0.25, 0.3) is 33.4 Å². The average molecular weight is 656 g/mol. The summed E-state index contributed by atoms with van der Waals surface area (Å²) in [7, 11) is 0. The zero-order valence-electron chi connectivity index (χ0n) is 27.5. The molecule has 0 amide bonds. The van der Waals surface area contributed by atoms with Crippen LogP contribution >= 0.6 is 0 Å². The molecule has 0 heterocycles. The second kappa shape index (κ2) is 13.9. The fourth-order valence-electron chi connectivity index (χ4n) is 7.97. The number of rotatable bonds is 6. The molecular formula is C41H44Cl2Ti. The Morgan fingerprint density at radius 2 is 1.20 bits per heavy atom. The summed E-state index contributed by atoms with van der Waals surface area (Å²) >= 11 is -1.96. The Morgan fingerprint density at radius 1 is 0.659 bits per heavy atom. The molecule has 2 aliphatic carbocycles. The average Bonchev–Trinajstić information content (AvgIpc) is 3.59. The molecule has 0 spiro atoms. The van der Waals surface area contributed by atoms with Gasteiger partial charge in [0.25, 0.3) is 0 Å². The molecule has 4 aromatic rings. The van der Waals surface area contributed by atoms with Crippen LogP contribution in [0.3, 0.4) is 0 Å². The van der Waals surface area contributed by atoms with Gasteiger partial charge in [-0.05, 0) is 0 Å². The van der Waals surface area contributed by atoms with Gasteiger partial charge in [0, 0.05) is 0 Å². The van der Waals surface area contributed by atoms with Gasteiger partial charge in [-0.1, -0.05) is 0 Å². The van der Waals surface area contributed by atoms with Crippen molar-refractivity contribution >= 4 is 7.68 Å². The van der Waals surface area contributed by atoms with Gasteiger partial charge in [0.1, 0.15) is 0 Å². The molecule has 6 rings (SSSR count). The van der Waals surface area contributed by atoms with Crippen LogP contribution in [0.15, 0.2) is 76.7 Å². The van der Waals surface area contributed by atoms with E-state index in [0.29, 0.717) is 0 Å². The molecule has 0 fully saturated rings. The van der Waals surface area contributed by atoms with Gasteiger partial charge in [0.15, 0.2) is 0 Å². The van der Waals surface area contributed by atoms with Crippen molar-refractivity contribution < 1.29 is 42.2 Å². The summed E-state index contributed by atoms with van der Waals surface area (Å²) < 4.78 is 5.24. The number of hydrogen-bond acceptors (Lipinski definition) is 0. The largest absolute Gasteiger partial charge is 1.00 e. The van der Waals surface area contributed by atoms with E-state index in [2.05, 4.69) is 128 Å². The van der Waals surface area contributed by atoms with E-state index in [-0.39, 0.29) is 24.8 Å². The Hall–Kier alpha value is -2.48. The number of fused-ring (bicyclic) bond motifs is 3. The normalized spacial score (nSPS) is 12.5. The minimum absolute atomic E-state index is 0. The summed E-state index contributed by atoms with van der Waals surface area (Å²) in [5.74, 6) is 0. The molecule has 44 heavy (non-hydrogen) atoms. The Labute approximate surface area is 283 Å². The van der Waals surface area contributed by atoms with Crippen LogP contribution in [-0.2, 0) is 23.8 Å². The van der Waals surface area contributed by atoms with Crippen molar-refractivity contribution in [3.63, 3.8) is 0 Å². The van der Waals surface area contributed by atoms with Crippen LogP contribution in [0.2, 0.25) is 0 Å². The third-order valence-corrected chi connectivity index (χ3v) is 15.0. The van der Waals surface area contributed by atoms with E-state index in [1.54, 1.807) is 13.3 Å². The fourth-order valence-corrected chi connectivity index (χ4v) is 13.3.